The van der Waals surface area contributed by atoms with Gasteiger partial charge in [-0.25, -0.2) is 17.5 Å². The molecular formula is C15H19ClFIN4O2S2. The zero-order valence-electron chi connectivity index (χ0n) is 13.8. The predicted molar refractivity (Wildman–Crippen MR) is 115 cm³/mol. The highest BCUT2D eigenvalue weighted by Gasteiger charge is 2.15. The lowest BCUT2D eigenvalue weighted by Crippen LogP contribution is -2.41. The molecule has 0 radical (unpaired) electrons. The normalized spacial score (nSPS) is 11.7. The lowest BCUT2D eigenvalue weighted by molar-refractivity contribution is 0.582. The average molecular weight is 533 g/mol. The Hall–Kier alpha value is -0.950. The van der Waals surface area contributed by atoms with E-state index in [9.17, 15) is 12.8 Å². The Balaban J connectivity index is 0.00000338. The summed E-state index contributed by atoms with van der Waals surface area (Å²) < 4.78 is 40.0. The van der Waals surface area contributed by atoms with Crippen molar-refractivity contribution in [3.63, 3.8) is 0 Å². The molecular weight excluding hydrogens is 514 g/mol. The second-order valence-electron chi connectivity index (χ2n) is 4.94. The highest BCUT2D eigenvalue weighted by Crippen LogP contribution is 2.25. The summed E-state index contributed by atoms with van der Waals surface area (Å²) >= 11 is 6.75. The Kier molecular flexibility index (Phi) is 9.79. The molecule has 1 heterocycles. The second-order valence-corrected chi connectivity index (χ2v) is 8.64. The van der Waals surface area contributed by atoms with Crippen molar-refractivity contribution < 1.29 is 12.8 Å². The first-order chi connectivity index (χ1) is 11.9. The number of rotatable bonds is 7. The van der Waals surface area contributed by atoms with Crippen molar-refractivity contribution in [3.05, 3.63) is 52.1 Å². The van der Waals surface area contributed by atoms with E-state index in [1.807, 2.05) is 0 Å². The fourth-order valence-electron chi connectivity index (χ4n) is 1.89. The fourth-order valence-corrected chi connectivity index (χ4v) is 4.45. The summed E-state index contributed by atoms with van der Waals surface area (Å²) in [6, 6.07) is 9.13. The van der Waals surface area contributed by atoms with Crippen LogP contribution in [0.5, 0.6) is 0 Å². The molecule has 11 heteroatoms. The highest BCUT2D eigenvalue weighted by atomic mass is 127. The third-order valence-corrected chi connectivity index (χ3v) is 6.30. The molecule has 0 saturated heterocycles. The zero-order chi connectivity index (χ0) is 18.3. The maximum atomic E-state index is 12.9. The molecule has 1 aromatic carbocycles. The predicted octanol–water partition coefficient (Wildman–Crippen LogP) is 2.80. The summed E-state index contributed by atoms with van der Waals surface area (Å²) in [6.07, 6.45) is 0. The Morgan fingerprint density at radius 2 is 1.85 bits per heavy atom. The van der Waals surface area contributed by atoms with Crippen molar-refractivity contribution in [2.45, 2.75) is 10.8 Å². The van der Waals surface area contributed by atoms with Crippen molar-refractivity contribution in [1.29, 1.82) is 0 Å². The Bertz CT molecular complexity index is 828. The van der Waals surface area contributed by atoms with Gasteiger partial charge in [-0.05, 0) is 29.8 Å². The number of nitrogens with one attached hydrogen (secondary N) is 3. The van der Waals surface area contributed by atoms with Crippen LogP contribution in [-0.4, -0.2) is 34.5 Å². The number of hydrogen-bond acceptors (Lipinski definition) is 4. The number of halogens is 3. The molecule has 26 heavy (non-hydrogen) atoms. The van der Waals surface area contributed by atoms with E-state index in [2.05, 4.69) is 20.3 Å². The maximum absolute atomic E-state index is 12.9. The van der Waals surface area contributed by atoms with Crippen LogP contribution in [0.2, 0.25) is 4.34 Å². The maximum Gasteiger partial charge on any atom is 0.250 e. The molecule has 0 unspecified atom stereocenters. The van der Waals surface area contributed by atoms with Gasteiger partial charge in [0.15, 0.2) is 5.96 Å². The quantitative estimate of drug-likeness (QED) is 0.222. The van der Waals surface area contributed by atoms with Gasteiger partial charge in [0.1, 0.15) is 10.0 Å². The lowest BCUT2D eigenvalue weighted by atomic mass is 10.2. The van der Waals surface area contributed by atoms with Crippen LogP contribution in [0.3, 0.4) is 0 Å². The van der Waals surface area contributed by atoms with Crippen molar-refractivity contribution in [2.24, 2.45) is 4.99 Å². The molecule has 0 saturated carbocycles. The van der Waals surface area contributed by atoms with Crippen molar-refractivity contribution >= 4 is 62.9 Å². The number of thiophene rings is 1. The van der Waals surface area contributed by atoms with E-state index in [-0.39, 0.29) is 40.5 Å². The van der Waals surface area contributed by atoms with E-state index in [1.54, 1.807) is 25.2 Å². The van der Waals surface area contributed by atoms with E-state index < -0.39 is 10.0 Å². The van der Waals surface area contributed by atoms with Gasteiger partial charge in [0.25, 0.3) is 0 Å². The van der Waals surface area contributed by atoms with Gasteiger partial charge in [-0.1, -0.05) is 23.7 Å². The molecule has 0 spiro atoms. The van der Waals surface area contributed by atoms with Gasteiger partial charge in [0, 0.05) is 26.7 Å². The molecule has 0 aliphatic carbocycles. The van der Waals surface area contributed by atoms with Crippen molar-refractivity contribution in [2.75, 3.05) is 20.1 Å². The first-order valence-electron chi connectivity index (χ1n) is 7.34. The Labute approximate surface area is 178 Å². The number of sulfonamides is 1. The van der Waals surface area contributed by atoms with Gasteiger partial charge >= 0.3 is 0 Å². The van der Waals surface area contributed by atoms with Crippen molar-refractivity contribution in [1.82, 2.24) is 15.4 Å². The molecule has 0 atom stereocenters. The molecule has 144 valence electrons. The monoisotopic (exact) mass is 532 g/mol. The summed E-state index contributed by atoms with van der Waals surface area (Å²) in [5.41, 5.74) is 0.902. The number of nitrogens with zero attached hydrogens (tertiary/aromatic N) is 1. The smallest absolute Gasteiger partial charge is 0.250 e. The van der Waals surface area contributed by atoms with Gasteiger partial charge in [0.2, 0.25) is 10.0 Å². The van der Waals surface area contributed by atoms with Crippen LogP contribution in [-0.2, 0) is 16.6 Å². The van der Waals surface area contributed by atoms with E-state index >= 15 is 0 Å². The molecule has 0 amide bonds. The molecule has 0 aliphatic rings. The fraction of sp³-hybridized carbons (Fsp3) is 0.267. The number of guanidine groups is 1. The molecule has 2 rings (SSSR count). The summed E-state index contributed by atoms with van der Waals surface area (Å²) in [5, 5.41) is 6.06. The minimum absolute atomic E-state index is 0. The Morgan fingerprint density at radius 3 is 2.42 bits per heavy atom. The Morgan fingerprint density at radius 1 is 1.15 bits per heavy atom. The van der Waals surface area contributed by atoms with Crippen LogP contribution in [0, 0.1) is 5.82 Å². The van der Waals surface area contributed by atoms with Gasteiger partial charge < -0.3 is 10.6 Å². The lowest BCUT2D eigenvalue weighted by Gasteiger charge is -2.12. The summed E-state index contributed by atoms with van der Waals surface area (Å²) in [6.45, 7) is 1.01. The molecule has 6 nitrogen and oxygen atoms in total. The third-order valence-electron chi connectivity index (χ3n) is 3.12. The molecule has 2 aromatic rings. The minimum Gasteiger partial charge on any atom is -0.355 e. The van der Waals surface area contributed by atoms with Crippen LogP contribution >= 0.6 is 46.9 Å². The van der Waals surface area contributed by atoms with Gasteiger partial charge in [-0.3, -0.25) is 4.99 Å². The van der Waals surface area contributed by atoms with Crippen LogP contribution in [0.1, 0.15) is 5.56 Å². The second kappa shape index (κ2) is 11.0. The van der Waals surface area contributed by atoms with E-state index in [1.165, 1.54) is 18.2 Å². The summed E-state index contributed by atoms with van der Waals surface area (Å²) in [4.78, 5) is 4.04. The van der Waals surface area contributed by atoms with Crippen LogP contribution in [0.25, 0.3) is 0 Å². The number of benzene rings is 1. The number of hydrogen-bond donors (Lipinski definition) is 3. The third kappa shape index (κ3) is 7.35. The van der Waals surface area contributed by atoms with Crippen LogP contribution in [0.15, 0.2) is 45.6 Å². The zero-order valence-corrected chi connectivity index (χ0v) is 18.5. The molecule has 0 bridgehead atoms. The van der Waals surface area contributed by atoms with Gasteiger partial charge in [0.05, 0.1) is 4.34 Å². The van der Waals surface area contributed by atoms with E-state index in [0.717, 1.165) is 16.9 Å². The highest BCUT2D eigenvalue weighted by molar-refractivity contribution is 14.0. The topological polar surface area (TPSA) is 82.6 Å². The van der Waals surface area contributed by atoms with Crippen molar-refractivity contribution in [3.8, 4) is 0 Å². The molecule has 0 fully saturated rings. The number of aliphatic imine (C=N–C) groups is 1. The summed E-state index contributed by atoms with van der Waals surface area (Å²) in [7, 11) is -1.95. The molecule has 0 aliphatic heterocycles. The van der Waals surface area contributed by atoms with Gasteiger partial charge in [-0.15, -0.1) is 35.3 Å². The van der Waals surface area contributed by atoms with Crippen LogP contribution in [0.4, 0.5) is 4.39 Å². The largest absolute Gasteiger partial charge is 0.355 e. The van der Waals surface area contributed by atoms with E-state index in [0.29, 0.717) is 23.4 Å². The van der Waals surface area contributed by atoms with E-state index in [4.69, 9.17) is 11.6 Å². The average Bonchev–Trinajstić information content (AvgIpc) is 3.03. The first kappa shape index (κ1) is 23.1. The minimum atomic E-state index is -3.56. The summed E-state index contributed by atoms with van der Waals surface area (Å²) in [5.74, 6) is 0.230. The van der Waals surface area contributed by atoms with Gasteiger partial charge in [-0.2, -0.15) is 0 Å². The SMILES string of the molecule is CN=C(NCCNS(=O)(=O)c1ccc(Cl)s1)NCc1ccc(F)cc1.I. The first-order valence-corrected chi connectivity index (χ1v) is 10.0. The van der Waals surface area contributed by atoms with Crippen LogP contribution < -0.4 is 15.4 Å². The molecule has 1 aromatic heterocycles. The standard InChI is InChI=1S/C15H18ClFN4O2S2.HI/c1-18-15(20-10-11-2-4-12(17)5-3-11)19-8-9-21-25(22,23)14-7-6-13(16)24-14;/h2-7,21H,8-10H2,1H3,(H2,18,19,20);1H. The molecule has 3 N–H and O–H groups in total.